The lowest BCUT2D eigenvalue weighted by atomic mass is 9.75. The second kappa shape index (κ2) is 8.06. The van der Waals surface area contributed by atoms with Gasteiger partial charge in [-0.1, -0.05) is 88.1 Å². The SMILES string of the molecule is C=C1C(C2=Cc3ccccc3C2)=CCc2c1cc(CC)c(C)c2CC1CCCCC1. The number of fused-ring (bicyclic) bond motifs is 2. The van der Waals surface area contributed by atoms with Crippen LogP contribution in [0.2, 0.25) is 0 Å². The molecule has 1 saturated carbocycles. The van der Waals surface area contributed by atoms with Gasteiger partial charge in [-0.05, 0) is 94.2 Å². The quantitative estimate of drug-likeness (QED) is 0.496. The predicted octanol–water partition coefficient (Wildman–Crippen LogP) is 7.82. The fourth-order valence-electron chi connectivity index (χ4n) is 6.03. The zero-order valence-corrected chi connectivity index (χ0v) is 18.7. The number of hydrogen-bond acceptors (Lipinski definition) is 0. The van der Waals surface area contributed by atoms with Crippen molar-refractivity contribution in [3.05, 3.63) is 93.1 Å². The fraction of sp³-hybridized carbons (Fsp3) is 0.400. The summed E-state index contributed by atoms with van der Waals surface area (Å²) in [5.74, 6) is 0.874. The number of benzene rings is 2. The molecule has 0 atom stereocenters. The van der Waals surface area contributed by atoms with Crippen LogP contribution >= 0.6 is 0 Å². The second-order valence-corrected chi connectivity index (χ2v) is 9.57. The molecule has 0 N–H and O–H groups in total. The molecule has 0 amide bonds. The molecule has 0 unspecified atom stereocenters. The molecule has 5 rings (SSSR count). The van der Waals surface area contributed by atoms with Crippen molar-refractivity contribution in [1.29, 1.82) is 0 Å². The van der Waals surface area contributed by atoms with Crippen molar-refractivity contribution in [2.45, 2.75) is 71.6 Å². The number of aryl methyl sites for hydroxylation is 1. The standard InChI is InChI=1S/C30H34/c1-4-23-19-30-21(3)27(26-17-24-12-8-9-13-25(24)18-26)14-15-28(30)29(20(23)2)16-22-10-6-5-7-11-22/h8-9,12-14,17,19,22H,3-7,10-11,15-16,18H2,1-2H3. The van der Waals surface area contributed by atoms with E-state index >= 15 is 0 Å². The van der Waals surface area contributed by atoms with Gasteiger partial charge < -0.3 is 0 Å². The molecule has 1 fully saturated rings. The molecule has 0 heterocycles. The highest BCUT2D eigenvalue weighted by molar-refractivity contribution is 5.90. The monoisotopic (exact) mass is 394 g/mol. The summed E-state index contributed by atoms with van der Waals surface area (Å²) in [6.45, 7) is 9.30. The Kier molecular flexibility index (Phi) is 5.27. The molecule has 3 aliphatic carbocycles. The molecule has 0 aromatic heterocycles. The maximum Gasteiger partial charge on any atom is -0.00136 e. The molecule has 0 spiro atoms. The molecular weight excluding hydrogens is 360 g/mol. The van der Waals surface area contributed by atoms with Crippen LogP contribution in [0.4, 0.5) is 0 Å². The summed E-state index contributed by atoms with van der Waals surface area (Å²) in [5.41, 5.74) is 14.6. The third kappa shape index (κ3) is 3.41. The van der Waals surface area contributed by atoms with Crippen LogP contribution in [0.3, 0.4) is 0 Å². The van der Waals surface area contributed by atoms with E-state index in [-0.39, 0.29) is 0 Å². The minimum absolute atomic E-state index is 0.874. The second-order valence-electron chi connectivity index (χ2n) is 9.57. The minimum Gasteiger partial charge on any atom is -0.0905 e. The maximum atomic E-state index is 4.63. The van der Waals surface area contributed by atoms with Gasteiger partial charge >= 0.3 is 0 Å². The first-order chi connectivity index (χ1) is 14.7. The topological polar surface area (TPSA) is 0 Å². The average Bonchev–Trinajstić information content (AvgIpc) is 3.20. The van der Waals surface area contributed by atoms with Gasteiger partial charge in [0, 0.05) is 0 Å². The Hall–Kier alpha value is -2.34. The Morgan fingerprint density at radius 1 is 1.07 bits per heavy atom. The van der Waals surface area contributed by atoms with E-state index in [1.807, 2.05) is 0 Å². The zero-order chi connectivity index (χ0) is 20.7. The van der Waals surface area contributed by atoms with Crippen LogP contribution in [0.15, 0.2) is 54.1 Å². The summed E-state index contributed by atoms with van der Waals surface area (Å²) in [7, 11) is 0. The first-order valence-corrected chi connectivity index (χ1v) is 12.0. The summed E-state index contributed by atoms with van der Waals surface area (Å²) >= 11 is 0. The van der Waals surface area contributed by atoms with Gasteiger partial charge in [-0.3, -0.25) is 0 Å². The third-order valence-electron chi connectivity index (χ3n) is 7.81. The molecule has 154 valence electrons. The molecule has 0 bridgehead atoms. The Morgan fingerprint density at radius 2 is 1.87 bits per heavy atom. The minimum atomic E-state index is 0.874. The number of hydrogen-bond donors (Lipinski definition) is 0. The van der Waals surface area contributed by atoms with E-state index in [1.54, 1.807) is 16.7 Å². The summed E-state index contributed by atoms with van der Waals surface area (Å²) in [6.07, 6.45) is 16.4. The van der Waals surface area contributed by atoms with Crippen LogP contribution in [-0.2, 0) is 25.7 Å². The zero-order valence-electron chi connectivity index (χ0n) is 18.7. The van der Waals surface area contributed by atoms with E-state index in [0.717, 1.165) is 25.2 Å². The third-order valence-corrected chi connectivity index (χ3v) is 7.81. The van der Waals surface area contributed by atoms with E-state index in [1.165, 1.54) is 77.5 Å². The maximum absolute atomic E-state index is 4.63. The van der Waals surface area contributed by atoms with E-state index in [9.17, 15) is 0 Å². The molecular formula is C30H34. The van der Waals surface area contributed by atoms with Crippen molar-refractivity contribution in [3.8, 4) is 0 Å². The van der Waals surface area contributed by atoms with Gasteiger partial charge in [0.25, 0.3) is 0 Å². The van der Waals surface area contributed by atoms with Gasteiger partial charge in [-0.15, -0.1) is 0 Å². The lowest BCUT2D eigenvalue weighted by Gasteiger charge is -2.29. The van der Waals surface area contributed by atoms with Crippen molar-refractivity contribution < 1.29 is 0 Å². The molecule has 2 aromatic rings. The van der Waals surface area contributed by atoms with E-state index in [0.29, 0.717) is 0 Å². The van der Waals surface area contributed by atoms with Crippen LogP contribution in [0, 0.1) is 12.8 Å². The molecule has 0 heteroatoms. The average molecular weight is 395 g/mol. The highest BCUT2D eigenvalue weighted by Crippen LogP contribution is 2.42. The number of allylic oxidation sites excluding steroid dienone is 4. The lowest BCUT2D eigenvalue weighted by molar-refractivity contribution is 0.355. The Morgan fingerprint density at radius 3 is 2.63 bits per heavy atom. The number of rotatable bonds is 4. The van der Waals surface area contributed by atoms with Crippen molar-refractivity contribution in [3.63, 3.8) is 0 Å². The van der Waals surface area contributed by atoms with E-state index in [4.69, 9.17) is 0 Å². The summed E-state index contributed by atoms with van der Waals surface area (Å²) < 4.78 is 0. The van der Waals surface area contributed by atoms with Crippen LogP contribution in [0.25, 0.3) is 11.6 Å². The van der Waals surface area contributed by atoms with Crippen LogP contribution in [0.1, 0.15) is 78.0 Å². The molecule has 0 radical (unpaired) electrons. The highest BCUT2D eigenvalue weighted by Gasteiger charge is 2.26. The first-order valence-electron chi connectivity index (χ1n) is 12.0. The first kappa shape index (κ1) is 19.6. The van der Waals surface area contributed by atoms with Gasteiger partial charge in [0.2, 0.25) is 0 Å². The molecule has 0 aliphatic heterocycles. The molecule has 30 heavy (non-hydrogen) atoms. The summed E-state index contributed by atoms with van der Waals surface area (Å²) in [4.78, 5) is 0. The molecule has 2 aromatic carbocycles. The van der Waals surface area contributed by atoms with Crippen molar-refractivity contribution >= 4 is 11.6 Å². The largest absolute Gasteiger partial charge is 0.0905 e. The molecule has 0 saturated heterocycles. The van der Waals surface area contributed by atoms with Gasteiger partial charge in [-0.2, -0.15) is 0 Å². The molecule has 3 aliphatic rings. The van der Waals surface area contributed by atoms with Gasteiger partial charge in [0.15, 0.2) is 0 Å². The molecule has 0 nitrogen and oxygen atoms in total. The highest BCUT2D eigenvalue weighted by atomic mass is 14.3. The smallest absolute Gasteiger partial charge is 0.00136 e. The fourth-order valence-corrected chi connectivity index (χ4v) is 6.03. The van der Waals surface area contributed by atoms with E-state index in [2.05, 4.69) is 62.9 Å². The normalized spacial score (nSPS) is 18.7. The predicted molar refractivity (Wildman–Crippen MR) is 130 cm³/mol. The Balaban J connectivity index is 1.51. The van der Waals surface area contributed by atoms with Crippen LogP contribution in [0.5, 0.6) is 0 Å². The van der Waals surface area contributed by atoms with Crippen LogP contribution < -0.4 is 0 Å². The van der Waals surface area contributed by atoms with Gasteiger partial charge in [0.05, 0.1) is 0 Å². The van der Waals surface area contributed by atoms with Gasteiger partial charge in [0.1, 0.15) is 0 Å². The van der Waals surface area contributed by atoms with Crippen molar-refractivity contribution in [2.75, 3.05) is 0 Å². The van der Waals surface area contributed by atoms with Crippen LogP contribution in [-0.4, -0.2) is 0 Å². The van der Waals surface area contributed by atoms with E-state index < -0.39 is 0 Å². The van der Waals surface area contributed by atoms with Gasteiger partial charge in [-0.25, -0.2) is 0 Å². The summed E-state index contributed by atoms with van der Waals surface area (Å²) in [6, 6.07) is 11.3. The Labute approximate surface area is 182 Å². The lowest BCUT2D eigenvalue weighted by Crippen LogP contribution is -2.15. The Bertz CT molecular complexity index is 1050. The van der Waals surface area contributed by atoms with Crippen molar-refractivity contribution in [1.82, 2.24) is 0 Å². The summed E-state index contributed by atoms with van der Waals surface area (Å²) in [5, 5.41) is 0. The van der Waals surface area contributed by atoms with Crippen molar-refractivity contribution in [2.24, 2.45) is 5.92 Å².